The monoisotopic (exact) mass is 554 g/mol. The highest BCUT2D eigenvalue weighted by Crippen LogP contribution is 2.39. The molecule has 218 valence electrons. The quantitative estimate of drug-likeness (QED) is 0.0868. The third-order valence-corrected chi connectivity index (χ3v) is 12.0. The minimum Gasteiger partial charge on any atom is -0.457 e. The standard InChI is InChI=1S/C29H50O8Si/c1-12-33-23(5)36-29(9)17-15-24(37-38(10,11)28(6,7)8)19-26(32)35-27(21(3)16-18-30)20(2)13-14-25(29)34-22(4)31/h13-14,16,18,20,23-25,27H,12,15,17,19H2,1-11H3/b14-13+,21-16+/t20-,23?,24+,25-,27-,29+/m0/s1. The van der Waals surface area contributed by atoms with E-state index in [2.05, 4.69) is 33.9 Å². The first-order valence-electron chi connectivity index (χ1n) is 13.6. The van der Waals surface area contributed by atoms with Crippen molar-refractivity contribution in [2.75, 3.05) is 6.61 Å². The number of carbonyl (C=O) groups is 3. The highest BCUT2D eigenvalue weighted by molar-refractivity contribution is 6.74. The molecule has 1 heterocycles. The summed E-state index contributed by atoms with van der Waals surface area (Å²) in [4.78, 5) is 36.6. The molecule has 0 aromatic rings. The molecule has 0 saturated heterocycles. The SMILES string of the molecule is CCOC(C)O[C@]1(C)CC[C@@H](O[Si](C)(C)C(C)(C)C)CC(=O)O[C@H](/C(C)=C/C=O)[C@@H](C)/C=C/[C@@H]1OC(C)=O. The highest BCUT2D eigenvalue weighted by Gasteiger charge is 2.43. The summed E-state index contributed by atoms with van der Waals surface area (Å²) >= 11 is 0. The lowest BCUT2D eigenvalue weighted by molar-refractivity contribution is -0.227. The Morgan fingerprint density at radius 3 is 2.42 bits per heavy atom. The number of aldehydes is 1. The fourth-order valence-electron chi connectivity index (χ4n) is 4.28. The summed E-state index contributed by atoms with van der Waals surface area (Å²) in [7, 11) is -2.24. The Labute approximate surface area is 230 Å². The van der Waals surface area contributed by atoms with E-state index in [1.54, 1.807) is 13.0 Å². The van der Waals surface area contributed by atoms with Crippen LogP contribution in [-0.2, 0) is 37.8 Å². The van der Waals surface area contributed by atoms with E-state index >= 15 is 0 Å². The zero-order valence-corrected chi connectivity index (χ0v) is 26.3. The number of hydrogen-bond donors (Lipinski definition) is 0. The van der Waals surface area contributed by atoms with Gasteiger partial charge in [0.1, 0.15) is 24.1 Å². The summed E-state index contributed by atoms with van der Waals surface area (Å²) < 4.78 is 30.4. The maximum Gasteiger partial charge on any atom is 0.308 e. The summed E-state index contributed by atoms with van der Waals surface area (Å²) in [6.45, 7) is 21.8. The van der Waals surface area contributed by atoms with Crippen LogP contribution in [0.3, 0.4) is 0 Å². The number of ether oxygens (including phenoxy) is 4. The fourth-order valence-corrected chi connectivity index (χ4v) is 5.66. The van der Waals surface area contributed by atoms with Crippen molar-refractivity contribution in [1.29, 1.82) is 0 Å². The van der Waals surface area contributed by atoms with Gasteiger partial charge in [-0.15, -0.1) is 0 Å². The predicted octanol–water partition coefficient (Wildman–Crippen LogP) is 5.90. The van der Waals surface area contributed by atoms with Crippen molar-refractivity contribution < 1.29 is 37.8 Å². The topological polar surface area (TPSA) is 97.4 Å². The smallest absolute Gasteiger partial charge is 0.308 e. The minimum absolute atomic E-state index is 0.0587. The minimum atomic E-state index is -2.24. The maximum absolute atomic E-state index is 13.2. The predicted molar refractivity (Wildman–Crippen MR) is 150 cm³/mol. The molecule has 0 spiro atoms. The van der Waals surface area contributed by atoms with E-state index in [1.165, 1.54) is 13.0 Å². The third kappa shape index (κ3) is 10.4. The number of allylic oxidation sites excluding steroid dienone is 1. The fraction of sp³-hybridized carbons (Fsp3) is 0.759. The van der Waals surface area contributed by atoms with Crippen LogP contribution in [0.15, 0.2) is 23.8 Å². The number of cyclic esters (lactones) is 1. The maximum atomic E-state index is 13.2. The molecule has 1 unspecified atom stereocenters. The first kappa shape index (κ1) is 34.2. The second-order valence-corrected chi connectivity index (χ2v) is 16.7. The van der Waals surface area contributed by atoms with E-state index in [9.17, 15) is 14.4 Å². The molecule has 0 amide bonds. The molecule has 0 N–H and O–H groups in total. The Morgan fingerprint density at radius 2 is 1.89 bits per heavy atom. The van der Waals surface area contributed by atoms with E-state index in [1.807, 2.05) is 33.8 Å². The van der Waals surface area contributed by atoms with Gasteiger partial charge >= 0.3 is 11.9 Å². The van der Waals surface area contributed by atoms with Crippen LogP contribution in [0.1, 0.15) is 81.6 Å². The van der Waals surface area contributed by atoms with Gasteiger partial charge in [0.05, 0.1) is 12.5 Å². The van der Waals surface area contributed by atoms with Crippen LogP contribution < -0.4 is 0 Å². The molecule has 0 saturated carbocycles. The van der Waals surface area contributed by atoms with Crippen LogP contribution in [0.25, 0.3) is 0 Å². The summed E-state index contributed by atoms with van der Waals surface area (Å²) in [6, 6.07) is 0. The number of esters is 2. The molecule has 0 aliphatic carbocycles. The van der Waals surface area contributed by atoms with Crippen LogP contribution in [-0.4, -0.2) is 63.4 Å². The van der Waals surface area contributed by atoms with Crippen molar-refractivity contribution in [2.24, 2.45) is 5.92 Å². The van der Waals surface area contributed by atoms with Crippen molar-refractivity contribution in [3.8, 4) is 0 Å². The van der Waals surface area contributed by atoms with E-state index in [0.717, 1.165) is 0 Å². The van der Waals surface area contributed by atoms with Crippen molar-refractivity contribution in [3.63, 3.8) is 0 Å². The average Bonchev–Trinajstić information content (AvgIpc) is 2.76. The molecular formula is C29H50O8Si. The van der Waals surface area contributed by atoms with Gasteiger partial charge in [0, 0.05) is 19.4 Å². The lowest BCUT2D eigenvalue weighted by atomic mass is 9.88. The molecule has 0 aromatic heterocycles. The van der Waals surface area contributed by atoms with Crippen LogP contribution in [0.5, 0.6) is 0 Å². The molecule has 0 bridgehead atoms. The molecule has 1 rings (SSSR count). The third-order valence-electron chi connectivity index (χ3n) is 7.46. The molecular weight excluding hydrogens is 504 g/mol. The average molecular weight is 555 g/mol. The molecule has 1 aliphatic rings. The van der Waals surface area contributed by atoms with Crippen molar-refractivity contribution >= 4 is 26.5 Å². The first-order valence-corrected chi connectivity index (χ1v) is 16.5. The van der Waals surface area contributed by atoms with Gasteiger partial charge in [-0.25, -0.2) is 0 Å². The normalized spacial score (nSPS) is 29.9. The molecule has 1 aliphatic heterocycles. The van der Waals surface area contributed by atoms with Crippen molar-refractivity contribution in [1.82, 2.24) is 0 Å². The van der Waals surface area contributed by atoms with Gasteiger partial charge in [0.25, 0.3) is 0 Å². The zero-order valence-electron chi connectivity index (χ0n) is 25.3. The number of rotatable bonds is 9. The van der Waals surface area contributed by atoms with Gasteiger partial charge in [0.2, 0.25) is 0 Å². The molecule has 6 atom stereocenters. The second kappa shape index (κ2) is 14.5. The van der Waals surface area contributed by atoms with Crippen LogP contribution in [0.2, 0.25) is 18.1 Å². The van der Waals surface area contributed by atoms with Crippen LogP contribution in [0.4, 0.5) is 0 Å². The second-order valence-electron chi connectivity index (χ2n) is 11.9. The van der Waals surface area contributed by atoms with Gasteiger partial charge in [-0.1, -0.05) is 33.8 Å². The van der Waals surface area contributed by atoms with Crippen LogP contribution >= 0.6 is 0 Å². The van der Waals surface area contributed by atoms with Gasteiger partial charge in [-0.05, 0) is 76.4 Å². The van der Waals surface area contributed by atoms with Gasteiger partial charge < -0.3 is 23.4 Å². The lowest BCUT2D eigenvalue weighted by Crippen LogP contribution is -2.48. The van der Waals surface area contributed by atoms with E-state index < -0.39 is 44.5 Å². The Morgan fingerprint density at radius 1 is 1.26 bits per heavy atom. The zero-order chi connectivity index (χ0) is 29.3. The molecule has 9 heteroatoms. The first-order chi connectivity index (χ1) is 17.5. The van der Waals surface area contributed by atoms with E-state index in [0.29, 0.717) is 31.3 Å². The van der Waals surface area contributed by atoms with E-state index in [4.69, 9.17) is 23.4 Å². The summed E-state index contributed by atoms with van der Waals surface area (Å²) in [5.74, 6) is -1.13. The van der Waals surface area contributed by atoms with Gasteiger partial charge in [-0.2, -0.15) is 0 Å². The summed E-state index contributed by atoms with van der Waals surface area (Å²) in [6.07, 6.45) is 4.32. The van der Waals surface area contributed by atoms with E-state index in [-0.39, 0.29) is 23.3 Å². The largest absolute Gasteiger partial charge is 0.457 e. The highest BCUT2D eigenvalue weighted by atomic mass is 28.4. The molecule has 38 heavy (non-hydrogen) atoms. The molecule has 8 nitrogen and oxygen atoms in total. The van der Waals surface area contributed by atoms with Crippen molar-refractivity contribution in [3.05, 3.63) is 23.8 Å². The number of hydrogen-bond acceptors (Lipinski definition) is 8. The Balaban J connectivity index is 3.62. The van der Waals surface area contributed by atoms with Gasteiger partial charge in [-0.3, -0.25) is 14.4 Å². The lowest BCUT2D eigenvalue weighted by Gasteiger charge is -2.42. The summed E-state index contributed by atoms with van der Waals surface area (Å²) in [5.41, 5.74) is -0.338. The molecule has 0 radical (unpaired) electrons. The number of carbonyl (C=O) groups excluding carboxylic acids is 3. The molecule has 0 aromatic carbocycles. The van der Waals surface area contributed by atoms with Gasteiger partial charge in [0.15, 0.2) is 14.6 Å². The Kier molecular flexibility index (Phi) is 13.1. The molecule has 0 fully saturated rings. The summed E-state index contributed by atoms with van der Waals surface area (Å²) in [5, 5.41) is -0.0623. The van der Waals surface area contributed by atoms with Crippen LogP contribution in [0, 0.1) is 5.92 Å². The van der Waals surface area contributed by atoms with Crippen molar-refractivity contribution in [2.45, 2.75) is 130 Å². The Bertz CT molecular complexity index is 859. The Hall–Kier alpha value is -1.81.